The molecule has 1 heterocycles. The standard InChI is InChI=1S/C6H3FN2O/c7-5-1-4(2-8)9-3-6(5)10/h1,3,10H. The minimum atomic E-state index is -0.827. The van der Waals surface area contributed by atoms with E-state index < -0.39 is 11.6 Å². The van der Waals surface area contributed by atoms with Gasteiger partial charge in [0, 0.05) is 6.07 Å². The van der Waals surface area contributed by atoms with E-state index >= 15 is 0 Å². The summed E-state index contributed by atoms with van der Waals surface area (Å²) in [5.74, 6) is -1.37. The van der Waals surface area contributed by atoms with Crippen LogP contribution in [0.15, 0.2) is 12.3 Å². The third-order valence-electron chi connectivity index (χ3n) is 0.949. The second kappa shape index (κ2) is 2.31. The molecule has 0 unspecified atom stereocenters. The summed E-state index contributed by atoms with van der Waals surface area (Å²) in [6, 6.07) is 2.50. The molecule has 0 fully saturated rings. The van der Waals surface area contributed by atoms with Gasteiger partial charge >= 0.3 is 0 Å². The molecule has 1 rings (SSSR count). The molecular weight excluding hydrogens is 135 g/mol. The quantitative estimate of drug-likeness (QED) is 0.576. The van der Waals surface area contributed by atoms with Crippen LogP contribution < -0.4 is 0 Å². The third kappa shape index (κ3) is 1.03. The summed E-state index contributed by atoms with van der Waals surface area (Å²) in [7, 11) is 0. The largest absolute Gasteiger partial charge is 0.504 e. The number of rotatable bonds is 0. The summed E-state index contributed by atoms with van der Waals surface area (Å²) in [5.41, 5.74) is -0.0460. The number of aromatic hydroxyl groups is 1. The van der Waals surface area contributed by atoms with E-state index in [0.717, 1.165) is 12.3 Å². The molecule has 0 aliphatic heterocycles. The van der Waals surface area contributed by atoms with Crippen molar-refractivity contribution < 1.29 is 9.50 Å². The molecule has 0 amide bonds. The molecular formula is C6H3FN2O. The fourth-order valence-electron chi connectivity index (χ4n) is 0.485. The first kappa shape index (κ1) is 6.49. The molecule has 10 heavy (non-hydrogen) atoms. The number of hydrogen-bond donors (Lipinski definition) is 1. The molecule has 0 aliphatic carbocycles. The highest BCUT2D eigenvalue weighted by atomic mass is 19.1. The van der Waals surface area contributed by atoms with Crippen LogP contribution in [-0.4, -0.2) is 10.1 Å². The first-order valence-electron chi connectivity index (χ1n) is 2.48. The molecule has 0 saturated carbocycles. The van der Waals surface area contributed by atoms with Crippen LogP contribution in [0.5, 0.6) is 5.75 Å². The molecule has 0 radical (unpaired) electrons. The lowest BCUT2D eigenvalue weighted by atomic mass is 10.3. The zero-order valence-corrected chi connectivity index (χ0v) is 4.87. The molecule has 3 nitrogen and oxygen atoms in total. The average molecular weight is 138 g/mol. The third-order valence-corrected chi connectivity index (χ3v) is 0.949. The van der Waals surface area contributed by atoms with E-state index in [1.165, 1.54) is 0 Å². The Hall–Kier alpha value is -1.63. The minimum Gasteiger partial charge on any atom is -0.504 e. The molecule has 1 aromatic rings. The highest BCUT2D eigenvalue weighted by molar-refractivity contribution is 5.27. The van der Waals surface area contributed by atoms with Gasteiger partial charge in [-0.15, -0.1) is 0 Å². The van der Waals surface area contributed by atoms with Crippen LogP contribution in [0, 0.1) is 17.1 Å². The van der Waals surface area contributed by atoms with Gasteiger partial charge in [0.2, 0.25) is 0 Å². The Morgan fingerprint density at radius 1 is 1.70 bits per heavy atom. The van der Waals surface area contributed by atoms with Crippen LogP contribution in [0.2, 0.25) is 0 Å². The van der Waals surface area contributed by atoms with Crippen LogP contribution in [-0.2, 0) is 0 Å². The number of hydrogen-bond acceptors (Lipinski definition) is 3. The first-order chi connectivity index (χ1) is 4.74. The van der Waals surface area contributed by atoms with Crippen molar-refractivity contribution in [2.24, 2.45) is 0 Å². The van der Waals surface area contributed by atoms with Gasteiger partial charge in [0.15, 0.2) is 11.6 Å². The summed E-state index contributed by atoms with van der Waals surface area (Å²) in [6.07, 6.45) is 0.897. The van der Waals surface area contributed by atoms with Crippen LogP contribution in [0.25, 0.3) is 0 Å². The van der Waals surface area contributed by atoms with Gasteiger partial charge in [0.25, 0.3) is 0 Å². The van der Waals surface area contributed by atoms with Crippen LogP contribution >= 0.6 is 0 Å². The van der Waals surface area contributed by atoms with E-state index in [1.807, 2.05) is 0 Å². The molecule has 0 aliphatic rings. The van der Waals surface area contributed by atoms with Gasteiger partial charge in [-0.3, -0.25) is 0 Å². The van der Waals surface area contributed by atoms with Crippen molar-refractivity contribution in [1.82, 2.24) is 4.98 Å². The maximum atomic E-state index is 12.3. The van der Waals surface area contributed by atoms with Gasteiger partial charge in [-0.25, -0.2) is 9.37 Å². The molecule has 4 heteroatoms. The van der Waals surface area contributed by atoms with Crippen LogP contribution in [0.3, 0.4) is 0 Å². The van der Waals surface area contributed by atoms with E-state index in [9.17, 15) is 4.39 Å². The minimum absolute atomic E-state index is 0.0460. The molecule has 0 saturated heterocycles. The fraction of sp³-hybridized carbons (Fsp3) is 0. The number of aromatic nitrogens is 1. The molecule has 0 spiro atoms. The number of nitriles is 1. The topological polar surface area (TPSA) is 56.9 Å². The van der Waals surface area contributed by atoms with Gasteiger partial charge in [0.05, 0.1) is 6.20 Å². The highest BCUT2D eigenvalue weighted by Gasteiger charge is 2.00. The maximum absolute atomic E-state index is 12.3. The average Bonchev–Trinajstić information content (AvgIpc) is 1.95. The zero-order chi connectivity index (χ0) is 7.56. The predicted molar refractivity (Wildman–Crippen MR) is 30.6 cm³/mol. The van der Waals surface area contributed by atoms with Gasteiger partial charge in [-0.2, -0.15) is 5.26 Å². The van der Waals surface area contributed by atoms with Crippen molar-refractivity contribution in [1.29, 1.82) is 5.26 Å². The summed E-state index contributed by atoms with van der Waals surface area (Å²) in [5, 5.41) is 16.8. The molecule has 0 atom stereocenters. The monoisotopic (exact) mass is 138 g/mol. The number of pyridine rings is 1. The second-order valence-corrected chi connectivity index (χ2v) is 1.63. The zero-order valence-electron chi connectivity index (χ0n) is 4.87. The van der Waals surface area contributed by atoms with E-state index in [-0.39, 0.29) is 5.69 Å². The van der Waals surface area contributed by atoms with Gasteiger partial charge in [-0.05, 0) is 0 Å². The summed E-state index contributed by atoms with van der Waals surface area (Å²) in [6.45, 7) is 0. The summed E-state index contributed by atoms with van der Waals surface area (Å²) in [4.78, 5) is 3.41. The van der Waals surface area contributed by atoms with Gasteiger partial charge in [0.1, 0.15) is 11.8 Å². The van der Waals surface area contributed by atoms with Crippen molar-refractivity contribution in [2.45, 2.75) is 0 Å². The lowest BCUT2D eigenvalue weighted by molar-refractivity contribution is 0.429. The van der Waals surface area contributed by atoms with Gasteiger partial charge in [-0.1, -0.05) is 0 Å². The van der Waals surface area contributed by atoms with Crippen molar-refractivity contribution in [2.75, 3.05) is 0 Å². The Morgan fingerprint density at radius 2 is 2.40 bits per heavy atom. The Bertz CT molecular complexity index is 292. The summed E-state index contributed by atoms with van der Waals surface area (Å²) < 4.78 is 12.3. The van der Waals surface area contributed by atoms with E-state index in [1.54, 1.807) is 6.07 Å². The predicted octanol–water partition coefficient (Wildman–Crippen LogP) is 0.798. The lowest BCUT2D eigenvalue weighted by Gasteiger charge is -1.91. The van der Waals surface area contributed by atoms with Gasteiger partial charge < -0.3 is 5.11 Å². The molecule has 0 aromatic carbocycles. The van der Waals surface area contributed by atoms with Crippen molar-refractivity contribution >= 4 is 0 Å². The Morgan fingerprint density at radius 3 is 2.90 bits per heavy atom. The molecule has 50 valence electrons. The fourth-order valence-corrected chi connectivity index (χ4v) is 0.485. The highest BCUT2D eigenvalue weighted by Crippen LogP contribution is 2.12. The van der Waals surface area contributed by atoms with Crippen molar-refractivity contribution in [3.63, 3.8) is 0 Å². The Balaban J connectivity index is 3.20. The summed E-state index contributed by atoms with van der Waals surface area (Å²) >= 11 is 0. The maximum Gasteiger partial charge on any atom is 0.170 e. The number of halogens is 1. The van der Waals surface area contributed by atoms with Crippen molar-refractivity contribution in [3.8, 4) is 11.8 Å². The van der Waals surface area contributed by atoms with E-state index in [2.05, 4.69) is 4.98 Å². The smallest absolute Gasteiger partial charge is 0.170 e. The van der Waals surface area contributed by atoms with E-state index in [4.69, 9.17) is 10.4 Å². The Labute approximate surface area is 56.4 Å². The lowest BCUT2D eigenvalue weighted by Crippen LogP contribution is -1.83. The van der Waals surface area contributed by atoms with Crippen molar-refractivity contribution in [3.05, 3.63) is 23.8 Å². The molecule has 0 bridgehead atoms. The molecule has 1 N–H and O–H groups in total. The van der Waals surface area contributed by atoms with E-state index in [0.29, 0.717) is 0 Å². The second-order valence-electron chi connectivity index (χ2n) is 1.63. The molecule has 1 aromatic heterocycles. The first-order valence-corrected chi connectivity index (χ1v) is 2.48. The van der Waals surface area contributed by atoms with Crippen LogP contribution in [0.4, 0.5) is 4.39 Å². The van der Waals surface area contributed by atoms with Crippen LogP contribution in [0.1, 0.15) is 5.69 Å². The SMILES string of the molecule is N#Cc1cc(F)c(O)cn1. The normalized spacial score (nSPS) is 8.80. The number of nitrogens with zero attached hydrogens (tertiary/aromatic N) is 2. The Kier molecular flexibility index (Phi) is 1.50.